The van der Waals surface area contributed by atoms with E-state index in [0.717, 1.165) is 25.6 Å². The monoisotopic (exact) mass is 154 g/mol. The molecular formula is C9H18N2. The molecular weight excluding hydrogens is 136 g/mol. The average molecular weight is 154 g/mol. The Bertz CT molecular complexity index is 123. The van der Waals surface area contributed by atoms with Gasteiger partial charge in [0.05, 0.1) is 0 Å². The van der Waals surface area contributed by atoms with Crippen LogP contribution in [0.4, 0.5) is 0 Å². The summed E-state index contributed by atoms with van der Waals surface area (Å²) in [5, 5.41) is 0. The molecule has 0 aromatic heterocycles. The van der Waals surface area contributed by atoms with Crippen LogP contribution in [0, 0.1) is 0 Å². The van der Waals surface area contributed by atoms with Crippen LogP contribution < -0.4 is 5.73 Å². The van der Waals surface area contributed by atoms with Crippen LogP contribution in [-0.2, 0) is 0 Å². The maximum atomic E-state index is 5.50. The van der Waals surface area contributed by atoms with Gasteiger partial charge in [-0.25, -0.2) is 0 Å². The average Bonchev–Trinajstić information content (AvgIpc) is 2.39. The van der Waals surface area contributed by atoms with Crippen LogP contribution in [0.1, 0.15) is 19.3 Å². The van der Waals surface area contributed by atoms with Gasteiger partial charge < -0.3 is 5.73 Å². The fourth-order valence-corrected chi connectivity index (χ4v) is 1.81. The Morgan fingerprint density at radius 3 is 3.09 bits per heavy atom. The van der Waals surface area contributed by atoms with Crippen molar-refractivity contribution in [1.29, 1.82) is 0 Å². The minimum Gasteiger partial charge on any atom is -0.329 e. The second-order valence-corrected chi connectivity index (χ2v) is 3.15. The number of likely N-dealkylation sites (tertiary alicyclic amines) is 1. The third-order valence-corrected chi connectivity index (χ3v) is 2.35. The highest BCUT2D eigenvalue weighted by Gasteiger charge is 2.21. The van der Waals surface area contributed by atoms with Crippen molar-refractivity contribution in [2.75, 3.05) is 19.6 Å². The van der Waals surface area contributed by atoms with Crippen LogP contribution in [0.5, 0.6) is 0 Å². The molecule has 64 valence electrons. The van der Waals surface area contributed by atoms with Crippen molar-refractivity contribution in [3.05, 3.63) is 12.7 Å². The number of nitrogens with zero attached hydrogens (tertiary/aromatic N) is 1. The van der Waals surface area contributed by atoms with Crippen molar-refractivity contribution >= 4 is 0 Å². The molecule has 2 heteroatoms. The fourth-order valence-electron chi connectivity index (χ4n) is 1.81. The molecule has 1 unspecified atom stereocenters. The van der Waals surface area contributed by atoms with Crippen LogP contribution in [0.25, 0.3) is 0 Å². The fraction of sp³-hybridized carbons (Fsp3) is 0.778. The zero-order valence-electron chi connectivity index (χ0n) is 7.13. The van der Waals surface area contributed by atoms with E-state index in [1.807, 2.05) is 6.08 Å². The number of rotatable bonds is 4. The zero-order chi connectivity index (χ0) is 8.10. The Balaban J connectivity index is 2.31. The predicted octanol–water partition coefficient (Wildman–Crippen LogP) is 0.986. The summed E-state index contributed by atoms with van der Waals surface area (Å²) in [6, 6.07) is 0.732. The summed E-state index contributed by atoms with van der Waals surface area (Å²) in [7, 11) is 0. The molecule has 1 saturated heterocycles. The van der Waals surface area contributed by atoms with E-state index in [-0.39, 0.29) is 0 Å². The molecule has 0 aliphatic carbocycles. The van der Waals surface area contributed by atoms with Crippen LogP contribution in [-0.4, -0.2) is 30.6 Å². The van der Waals surface area contributed by atoms with Gasteiger partial charge in [-0.15, -0.1) is 6.58 Å². The highest BCUT2D eigenvalue weighted by molar-refractivity contribution is 4.85. The predicted molar refractivity (Wildman–Crippen MR) is 48.5 cm³/mol. The van der Waals surface area contributed by atoms with Crippen molar-refractivity contribution in [3.8, 4) is 0 Å². The topological polar surface area (TPSA) is 29.3 Å². The summed E-state index contributed by atoms with van der Waals surface area (Å²) in [5.74, 6) is 0. The minimum atomic E-state index is 0.732. The second-order valence-electron chi connectivity index (χ2n) is 3.15. The van der Waals surface area contributed by atoms with Crippen LogP contribution in [0.3, 0.4) is 0 Å². The Morgan fingerprint density at radius 1 is 1.64 bits per heavy atom. The summed E-state index contributed by atoms with van der Waals surface area (Å²) in [6.07, 6.45) is 5.80. The molecule has 1 fully saturated rings. The maximum Gasteiger partial charge on any atom is 0.0131 e. The first-order chi connectivity index (χ1) is 5.38. The third kappa shape index (κ3) is 2.31. The molecule has 0 radical (unpaired) electrons. The molecule has 1 aliphatic heterocycles. The summed E-state index contributed by atoms with van der Waals surface area (Å²) in [6.45, 7) is 6.83. The van der Waals surface area contributed by atoms with Gasteiger partial charge in [0.2, 0.25) is 0 Å². The van der Waals surface area contributed by atoms with E-state index in [2.05, 4.69) is 11.5 Å². The van der Waals surface area contributed by atoms with Crippen molar-refractivity contribution < 1.29 is 0 Å². The van der Waals surface area contributed by atoms with E-state index in [9.17, 15) is 0 Å². The molecule has 2 N–H and O–H groups in total. The van der Waals surface area contributed by atoms with Crippen molar-refractivity contribution in [2.24, 2.45) is 5.73 Å². The molecule has 0 bridgehead atoms. The largest absolute Gasteiger partial charge is 0.329 e. The van der Waals surface area contributed by atoms with E-state index in [1.165, 1.54) is 19.4 Å². The number of nitrogens with two attached hydrogens (primary N) is 1. The van der Waals surface area contributed by atoms with Crippen LogP contribution >= 0.6 is 0 Å². The lowest BCUT2D eigenvalue weighted by atomic mass is 10.1. The Kier molecular flexibility index (Phi) is 3.60. The van der Waals surface area contributed by atoms with Gasteiger partial charge in [-0.1, -0.05) is 6.08 Å². The third-order valence-electron chi connectivity index (χ3n) is 2.35. The van der Waals surface area contributed by atoms with Gasteiger partial charge in [-0.05, 0) is 25.8 Å². The van der Waals surface area contributed by atoms with Crippen LogP contribution in [0.15, 0.2) is 12.7 Å². The summed E-state index contributed by atoms with van der Waals surface area (Å²) >= 11 is 0. The van der Waals surface area contributed by atoms with Gasteiger partial charge >= 0.3 is 0 Å². The number of hydrogen-bond acceptors (Lipinski definition) is 2. The van der Waals surface area contributed by atoms with E-state index < -0.39 is 0 Å². The van der Waals surface area contributed by atoms with Gasteiger partial charge in [0, 0.05) is 19.1 Å². The van der Waals surface area contributed by atoms with Gasteiger partial charge in [0.15, 0.2) is 0 Å². The molecule has 1 heterocycles. The lowest BCUT2D eigenvalue weighted by Crippen LogP contribution is -2.33. The lowest BCUT2D eigenvalue weighted by Gasteiger charge is -2.22. The Morgan fingerprint density at radius 2 is 2.45 bits per heavy atom. The normalized spacial score (nSPS) is 25.7. The maximum absolute atomic E-state index is 5.50. The Hall–Kier alpha value is -0.340. The van der Waals surface area contributed by atoms with Gasteiger partial charge in [-0.2, -0.15) is 0 Å². The van der Waals surface area contributed by atoms with Crippen molar-refractivity contribution in [2.45, 2.75) is 25.3 Å². The molecule has 1 atom stereocenters. The molecule has 0 aromatic rings. The quantitative estimate of drug-likeness (QED) is 0.612. The first-order valence-corrected chi connectivity index (χ1v) is 4.43. The molecule has 0 aromatic carbocycles. The zero-order valence-corrected chi connectivity index (χ0v) is 7.13. The molecule has 0 saturated carbocycles. The molecule has 0 spiro atoms. The lowest BCUT2D eigenvalue weighted by molar-refractivity contribution is 0.262. The highest BCUT2D eigenvalue weighted by atomic mass is 15.2. The number of hydrogen-bond donors (Lipinski definition) is 1. The molecule has 1 rings (SSSR count). The molecule has 1 aliphatic rings. The summed E-state index contributed by atoms with van der Waals surface area (Å²) in [4.78, 5) is 2.47. The van der Waals surface area contributed by atoms with Crippen LogP contribution in [0.2, 0.25) is 0 Å². The van der Waals surface area contributed by atoms with E-state index in [0.29, 0.717) is 0 Å². The summed E-state index contributed by atoms with van der Waals surface area (Å²) in [5.41, 5.74) is 5.50. The van der Waals surface area contributed by atoms with E-state index >= 15 is 0 Å². The highest BCUT2D eigenvalue weighted by Crippen LogP contribution is 2.19. The molecule has 2 nitrogen and oxygen atoms in total. The van der Waals surface area contributed by atoms with Gasteiger partial charge in [0.1, 0.15) is 0 Å². The van der Waals surface area contributed by atoms with Gasteiger partial charge in [-0.3, -0.25) is 4.90 Å². The molecule has 11 heavy (non-hydrogen) atoms. The minimum absolute atomic E-state index is 0.732. The van der Waals surface area contributed by atoms with Gasteiger partial charge in [0.25, 0.3) is 0 Å². The SMILES string of the molecule is C=CCC1CCCN1CCN. The van der Waals surface area contributed by atoms with E-state index in [1.54, 1.807) is 0 Å². The summed E-state index contributed by atoms with van der Waals surface area (Å²) < 4.78 is 0. The molecule has 0 amide bonds. The van der Waals surface area contributed by atoms with Crippen molar-refractivity contribution in [3.63, 3.8) is 0 Å². The van der Waals surface area contributed by atoms with E-state index in [4.69, 9.17) is 5.73 Å². The smallest absolute Gasteiger partial charge is 0.0131 e. The Labute approximate surface area is 69.1 Å². The first kappa shape index (κ1) is 8.75. The van der Waals surface area contributed by atoms with Crippen molar-refractivity contribution in [1.82, 2.24) is 4.90 Å². The first-order valence-electron chi connectivity index (χ1n) is 4.43. The second kappa shape index (κ2) is 4.52. The standard InChI is InChI=1S/C9H18N2/c1-2-4-9-5-3-7-11(9)8-6-10/h2,9H,1,3-8,10H2.